The molecule has 2 aliphatic carbocycles. The maximum Gasteiger partial charge on any atom is 0.375 e. The number of benzene rings is 1. The normalized spacial score (nSPS) is 19.0. The smallest absolute Gasteiger partial charge is 0.375 e. The van der Waals surface area contributed by atoms with Gasteiger partial charge >= 0.3 is 5.88 Å². The third kappa shape index (κ3) is 5.01. The Morgan fingerprint density at radius 1 is 1.21 bits per heavy atom. The lowest BCUT2D eigenvalue weighted by Crippen LogP contribution is -2.36. The van der Waals surface area contributed by atoms with E-state index in [4.69, 9.17) is 21.1 Å². The van der Waals surface area contributed by atoms with E-state index in [1.807, 2.05) is 16.7 Å². The fraction of sp³-hybridized carbons (Fsp3) is 0.393. The van der Waals surface area contributed by atoms with E-state index in [1.165, 1.54) is 17.8 Å². The summed E-state index contributed by atoms with van der Waals surface area (Å²) in [5.41, 5.74) is 4.75. The third-order valence-electron chi connectivity index (χ3n) is 6.36. The Kier molecular flexibility index (Phi) is 6.94. The summed E-state index contributed by atoms with van der Waals surface area (Å²) in [6.45, 7) is 4.85. The van der Waals surface area contributed by atoms with Gasteiger partial charge in [-0.05, 0) is 55.9 Å². The van der Waals surface area contributed by atoms with Gasteiger partial charge in [0.25, 0.3) is 0 Å². The molecule has 1 atom stereocenters. The lowest BCUT2D eigenvalue weighted by molar-refractivity contribution is -0.702. The van der Waals surface area contributed by atoms with Crippen LogP contribution in [0.5, 0.6) is 11.6 Å². The van der Waals surface area contributed by atoms with Crippen LogP contribution in [0.15, 0.2) is 54.3 Å². The number of aromatic nitrogens is 1. The molecule has 0 saturated heterocycles. The van der Waals surface area contributed by atoms with Gasteiger partial charge in [-0.1, -0.05) is 42.9 Å². The maximum atomic E-state index is 14.6. The summed E-state index contributed by atoms with van der Waals surface area (Å²) in [4.78, 5) is -0.436. The lowest BCUT2D eigenvalue weighted by atomic mass is 9.93. The molecule has 5 heteroatoms. The summed E-state index contributed by atoms with van der Waals surface area (Å²) in [6.07, 6.45) is 16.0. The maximum absolute atomic E-state index is 14.6. The Labute approximate surface area is 201 Å². The molecule has 1 unspecified atom stereocenters. The van der Waals surface area contributed by atoms with Crippen LogP contribution >= 0.6 is 11.6 Å². The van der Waals surface area contributed by atoms with Gasteiger partial charge in [-0.15, -0.1) is 11.6 Å². The fourth-order valence-corrected chi connectivity index (χ4v) is 4.66. The monoisotopic (exact) mass is 468 g/mol. The third-order valence-corrected chi connectivity index (χ3v) is 6.94. The van der Waals surface area contributed by atoms with Crippen LogP contribution in [0.3, 0.4) is 0 Å². The lowest BCUT2D eigenvalue weighted by Gasteiger charge is -2.18. The highest BCUT2D eigenvalue weighted by Crippen LogP contribution is 2.56. The molecule has 174 valence electrons. The molecule has 3 nitrogen and oxygen atoms in total. The molecule has 1 aromatic heterocycles. The van der Waals surface area contributed by atoms with Crippen LogP contribution in [0.25, 0.3) is 17.2 Å². The molecule has 4 rings (SSSR count). The predicted molar refractivity (Wildman–Crippen MR) is 132 cm³/mol. The Morgan fingerprint density at radius 2 is 2.00 bits per heavy atom. The second-order valence-corrected chi connectivity index (χ2v) is 9.68. The van der Waals surface area contributed by atoms with Gasteiger partial charge in [-0.3, -0.25) is 0 Å². The van der Waals surface area contributed by atoms with Gasteiger partial charge in [0.1, 0.15) is 5.75 Å². The molecule has 0 radical (unpaired) electrons. The SMILES string of the molecule is CCC[n+]1cc(F)cc(-c2cc(C=CC3C=CC(C)=CC3)c(OC)c(C3(Cl)CC3)c2)c1OC. The summed E-state index contributed by atoms with van der Waals surface area (Å²) in [6, 6.07) is 5.62. The standard InChI is InChI=1S/C28H32ClFNO2/c1-5-14-31-18-23(30)17-24(27(31)33-4)22-15-21(11-10-20-8-6-19(2)7-9-20)26(32-3)25(16-22)28(29)12-13-28/h6-8,10-11,15-18,20H,5,9,12-14H2,1-4H3/q+1. The molecule has 0 aliphatic heterocycles. The van der Waals surface area contributed by atoms with E-state index in [9.17, 15) is 4.39 Å². The van der Waals surface area contributed by atoms with Crippen molar-refractivity contribution in [1.29, 1.82) is 0 Å². The fourth-order valence-electron chi connectivity index (χ4n) is 4.42. The van der Waals surface area contributed by atoms with Crippen molar-refractivity contribution >= 4 is 17.7 Å². The predicted octanol–water partition coefficient (Wildman–Crippen LogP) is 6.97. The molecule has 0 spiro atoms. The van der Waals surface area contributed by atoms with E-state index in [-0.39, 0.29) is 5.82 Å². The molecule has 2 aromatic rings. The van der Waals surface area contributed by atoms with Crippen LogP contribution < -0.4 is 14.0 Å². The summed E-state index contributed by atoms with van der Waals surface area (Å²) < 4.78 is 28.0. The van der Waals surface area contributed by atoms with Crippen molar-refractivity contribution in [2.75, 3.05) is 14.2 Å². The number of methoxy groups -OCH3 is 2. The summed E-state index contributed by atoms with van der Waals surface area (Å²) in [7, 11) is 3.31. The van der Waals surface area contributed by atoms with Crippen molar-refractivity contribution in [3.63, 3.8) is 0 Å². The van der Waals surface area contributed by atoms with Gasteiger partial charge in [0, 0.05) is 17.5 Å². The number of pyridine rings is 1. The quantitative estimate of drug-likeness (QED) is 0.308. The minimum absolute atomic E-state index is 0.296. The molecule has 1 aromatic carbocycles. The van der Waals surface area contributed by atoms with Gasteiger partial charge in [0.2, 0.25) is 6.20 Å². The first-order valence-electron chi connectivity index (χ1n) is 11.6. The van der Waals surface area contributed by atoms with Gasteiger partial charge in [0.15, 0.2) is 12.4 Å². The van der Waals surface area contributed by atoms with Crippen LogP contribution in [0.1, 0.15) is 50.7 Å². The van der Waals surface area contributed by atoms with E-state index in [1.54, 1.807) is 14.2 Å². The van der Waals surface area contributed by atoms with Crippen molar-refractivity contribution in [3.05, 3.63) is 71.2 Å². The van der Waals surface area contributed by atoms with E-state index in [0.717, 1.165) is 48.1 Å². The van der Waals surface area contributed by atoms with Crippen molar-refractivity contribution in [2.45, 2.75) is 50.9 Å². The first-order chi connectivity index (χ1) is 15.9. The Balaban J connectivity index is 1.85. The highest BCUT2D eigenvalue weighted by molar-refractivity contribution is 6.26. The van der Waals surface area contributed by atoms with Crippen LogP contribution in [0.4, 0.5) is 4.39 Å². The van der Waals surface area contributed by atoms with Gasteiger partial charge in [-0.25, -0.2) is 4.39 Å². The molecule has 1 fully saturated rings. The topological polar surface area (TPSA) is 22.3 Å². The van der Waals surface area contributed by atoms with Gasteiger partial charge in [-0.2, -0.15) is 4.57 Å². The van der Waals surface area contributed by atoms with Crippen molar-refractivity contribution < 1.29 is 18.4 Å². The zero-order chi connectivity index (χ0) is 23.6. The molecule has 1 heterocycles. The van der Waals surface area contributed by atoms with Crippen LogP contribution in [-0.2, 0) is 11.4 Å². The first-order valence-corrected chi connectivity index (χ1v) is 12.0. The van der Waals surface area contributed by atoms with Crippen LogP contribution in [0.2, 0.25) is 0 Å². The summed E-state index contributed by atoms with van der Waals surface area (Å²) >= 11 is 6.90. The second kappa shape index (κ2) is 9.72. The summed E-state index contributed by atoms with van der Waals surface area (Å²) in [5, 5.41) is 0. The molecule has 2 aliphatic rings. The van der Waals surface area contributed by atoms with Gasteiger partial charge in [0.05, 0.1) is 24.7 Å². The van der Waals surface area contributed by atoms with E-state index < -0.39 is 4.87 Å². The molecular weight excluding hydrogens is 437 g/mol. The Morgan fingerprint density at radius 3 is 2.61 bits per heavy atom. The number of alkyl halides is 1. The van der Waals surface area contributed by atoms with Crippen molar-refractivity contribution in [3.8, 4) is 22.8 Å². The Bertz CT molecular complexity index is 1130. The molecular formula is C28H32ClFNO2+. The van der Waals surface area contributed by atoms with Gasteiger partial charge < -0.3 is 9.47 Å². The zero-order valence-electron chi connectivity index (χ0n) is 19.8. The molecule has 0 N–H and O–H groups in total. The number of rotatable bonds is 8. The molecule has 1 saturated carbocycles. The molecule has 33 heavy (non-hydrogen) atoms. The first kappa shape index (κ1) is 23.6. The van der Waals surface area contributed by atoms with Crippen LogP contribution in [0, 0.1) is 11.7 Å². The van der Waals surface area contributed by atoms with Crippen molar-refractivity contribution in [1.82, 2.24) is 0 Å². The minimum Gasteiger partial charge on any atom is -0.496 e. The number of hydrogen-bond donors (Lipinski definition) is 0. The number of hydrogen-bond acceptors (Lipinski definition) is 2. The highest BCUT2D eigenvalue weighted by Gasteiger charge is 2.45. The molecule has 0 amide bonds. The number of halogens is 2. The number of aryl methyl sites for hydroxylation is 1. The number of nitrogens with zero attached hydrogens (tertiary/aromatic N) is 1. The Hall–Kier alpha value is -2.59. The summed E-state index contributed by atoms with van der Waals surface area (Å²) in [5.74, 6) is 1.45. The largest absolute Gasteiger partial charge is 0.496 e. The van der Waals surface area contributed by atoms with Crippen LogP contribution in [-0.4, -0.2) is 14.2 Å². The number of allylic oxidation sites excluding steroid dienone is 5. The average molecular weight is 469 g/mol. The zero-order valence-corrected chi connectivity index (χ0v) is 20.6. The highest BCUT2D eigenvalue weighted by atomic mass is 35.5. The molecule has 0 bridgehead atoms. The van der Waals surface area contributed by atoms with E-state index in [0.29, 0.717) is 23.9 Å². The second-order valence-electron chi connectivity index (χ2n) is 8.95. The van der Waals surface area contributed by atoms with E-state index in [2.05, 4.69) is 44.2 Å². The van der Waals surface area contributed by atoms with Crippen molar-refractivity contribution in [2.24, 2.45) is 5.92 Å². The minimum atomic E-state index is -0.436. The average Bonchev–Trinajstić information content (AvgIpc) is 3.56. The van der Waals surface area contributed by atoms with E-state index >= 15 is 0 Å². The number of ether oxygens (including phenoxy) is 2.